The third kappa shape index (κ3) is 4.55. The average molecular weight is 328 g/mol. The van der Waals surface area contributed by atoms with Crippen LogP contribution in [-0.2, 0) is 0 Å². The smallest absolute Gasteiger partial charge is 0.319 e. The summed E-state index contributed by atoms with van der Waals surface area (Å²) in [5.74, 6) is 1.54. The Balaban J connectivity index is 1.40. The van der Waals surface area contributed by atoms with Gasteiger partial charge in [-0.2, -0.15) is 5.10 Å². The summed E-state index contributed by atoms with van der Waals surface area (Å²) >= 11 is 0. The lowest BCUT2D eigenvalue weighted by Crippen LogP contribution is -2.40. The Bertz CT molecular complexity index is 632. The van der Waals surface area contributed by atoms with Crippen LogP contribution < -0.4 is 10.6 Å². The minimum atomic E-state index is -0.200. The quantitative estimate of drug-likeness (QED) is 0.881. The molecule has 0 spiro atoms. The van der Waals surface area contributed by atoms with Crippen LogP contribution in [0.15, 0.2) is 36.8 Å². The zero-order valence-corrected chi connectivity index (χ0v) is 14.0. The molecule has 2 aromatic heterocycles. The number of anilines is 1. The van der Waals surface area contributed by atoms with E-state index in [4.69, 9.17) is 0 Å². The molecule has 24 heavy (non-hydrogen) atoms. The van der Waals surface area contributed by atoms with Crippen molar-refractivity contribution in [2.75, 3.05) is 31.5 Å². The van der Waals surface area contributed by atoms with E-state index in [2.05, 4.69) is 32.5 Å². The standard InChI is InChI=1S/C17H24N6O/c1-14-5-10-22(11-6-14)12-8-18-17(24)21-15-3-4-16(19-13-15)23-9-2-7-20-23/h2-4,7,9,13-14H,5-6,8,10-12H2,1H3,(H2,18,21,24). The van der Waals surface area contributed by atoms with Gasteiger partial charge in [-0.25, -0.2) is 14.5 Å². The van der Waals surface area contributed by atoms with Crippen molar-refractivity contribution < 1.29 is 4.79 Å². The molecule has 0 saturated carbocycles. The van der Waals surface area contributed by atoms with Gasteiger partial charge in [-0.15, -0.1) is 0 Å². The predicted molar refractivity (Wildman–Crippen MR) is 93.2 cm³/mol. The van der Waals surface area contributed by atoms with Crippen molar-refractivity contribution in [2.45, 2.75) is 19.8 Å². The van der Waals surface area contributed by atoms with E-state index in [0.29, 0.717) is 18.1 Å². The lowest BCUT2D eigenvalue weighted by Gasteiger charge is -2.30. The summed E-state index contributed by atoms with van der Waals surface area (Å²) in [6.07, 6.45) is 7.65. The SMILES string of the molecule is CC1CCN(CCNC(=O)Nc2ccc(-n3cccn3)nc2)CC1. The monoisotopic (exact) mass is 328 g/mol. The third-order valence-corrected chi connectivity index (χ3v) is 4.33. The van der Waals surface area contributed by atoms with Crippen LogP contribution in [0.1, 0.15) is 19.8 Å². The van der Waals surface area contributed by atoms with Crippen molar-refractivity contribution in [1.29, 1.82) is 0 Å². The van der Waals surface area contributed by atoms with Crippen LogP contribution in [0.5, 0.6) is 0 Å². The van der Waals surface area contributed by atoms with Crippen LogP contribution in [0.2, 0.25) is 0 Å². The van der Waals surface area contributed by atoms with E-state index < -0.39 is 0 Å². The molecular formula is C17H24N6O. The van der Waals surface area contributed by atoms with Crippen LogP contribution in [0.3, 0.4) is 0 Å². The summed E-state index contributed by atoms with van der Waals surface area (Å²) < 4.78 is 1.67. The number of hydrogen-bond donors (Lipinski definition) is 2. The van der Waals surface area contributed by atoms with Crippen molar-refractivity contribution in [2.24, 2.45) is 5.92 Å². The summed E-state index contributed by atoms with van der Waals surface area (Å²) in [7, 11) is 0. The van der Waals surface area contributed by atoms with Gasteiger partial charge in [0.15, 0.2) is 5.82 Å². The Morgan fingerprint density at radius 2 is 2.17 bits per heavy atom. The highest BCUT2D eigenvalue weighted by molar-refractivity contribution is 5.89. The van der Waals surface area contributed by atoms with Crippen LogP contribution in [-0.4, -0.2) is 51.9 Å². The molecule has 1 fully saturated rings. The van der Waals surface area contributed by atoms with Gasteiger partial charge < -0.3 is 15.5 Å². The van der Waals surface area contributed by atoms with Crippen molar-refractivity contribution >= 4 is 11.7 Å². The van der Waals surface area contributed by atoms with Gasteiger partial charge in [-0.1, -0.05) is 6.92 Å². The molecule has 1 aliphatic rings. The molecule has 2 N–H and O–H groups in total. The molecule has 1 saturated heterocycles. The summed E-state index contributed by atoms with van der Waals surface area (Å²) in [5.41, 5.74) is 0.662. The van der Waals surface area contributed by atoms with E-state index in [-0.39, 0.29) is 6.03 Å². The molecule has 0 radical (unpaired) electrons. The van der Waals surface area contributed by atoms with Crippen molar-refractivity contribution in [3.8, 4) is 5.82 Å². The molecule has 7 nitrogen and oxygen atoms in total. The Morgan fingerprint density at radius 3 is 2.83 bits per heavy atom. The summed E-state index contributed by atoms with van der Waals surface area (Å²) in [6, 6.07) is 5.27. The molecule has 3 heterocycles. The minimum absolute atomic E-state index is 0.200. The molecule has 2 amide bonds. The second kappa shape index (κ2) is 7.92. The highest BCUT2D eigenvalue weighted by Crippen LogP contribution is 2.15. The van der Waals surface area contributed by atoms with Crippen molar-refractivity contribution in [3.05, 3.63) is 36.8 Å². The van der Waals surface area contributed by atoms with Crippen molar-refractivity contribution in [1.82, 2.24) is 25.0 Å². The maximum atomic E-state index is 11.9. The lowest BCUT2D eigenvalue weighted by atomic mass is 9.99. The zero-order valence-electron chi connectivity index (χ0n) is 14.0. The van der Waals surface area contributed by atoms with Gasteiger partial charge in [0.2, 0.25) is 0 Å². The zero-order chi connectivity index (χ0) is 16.8. The number of amides is 2. The first-order chi connectivity index (χ1) is 11.7. The van der Waals surface area contributed by atoms with Crippen molar-refractivity contribution in [3.63, 3.8) is 0 Å². The molecule has 1 aliphatic heterocycles. The number of hydrogen-bond acceptors (Lipinski definition) is 4. The molecule has 0 aliphatic carbocycles. The first-order valence-corrected chi connectivity index (χ1v) is 8.44. The molecule has 3 rings (SSSR count). The summed E-state index contributed by atoms with van der Waals surface area (Å²) in [6.45, 7) is 6.11. The first-order valence-electron chi connectivity index (χ1n) is 8.44. The fourth-order valence-electron chi connectivity index (χ4n) is 2.79. The molecule has 0 bridgehead atoms. The predicted octanol–water partition coefficient (Wildman–Crippen LogP) is 2.12. The first kappa shape index (κ1) is 16.4. The van der Waals surface area contributed by atoms with Gasteiger partial charge >= 0.3 is 6.03 Å². The molecule has 0 unspecified atom stereocenters. The fourth-order valence-corrected chi connectivity index (χ4v) is 2.79. The minimum Gasteiger partial charge on any atom is -0.337 e. The van der Waals surface area contributed by atoms with Crippen LogP contribution in [0, 0.1) is 5.92 Å². The number of urea groups is 1. The van der Waals surface area contributed by atoms with Crippen LogP contribution >= 0.6 is 0 Å². The van der Waals surface area contributed by atoms with Crippen LogP contribution in [0.25, 0.3) is 5.82 Å². The summed E-state index contributed by atoms with van der Waals surface area (Å²) in [5, 5.41) is 9.81. The molecule has 2 aromatic rings. The number of nitrogens with one attached hydrogen (secondary N) is 2. The number of carbonyl (C=O) groups excluding carboxylic acids is 1. The second-order valence-electron chi connectivity index (χ2n) is 6.26. The number of aromatic nitrogens is 3. The Labute approximate surface area is 142 Å². The molecular weight excluding hydrogens is 304 g/mol. The average Bonchev–Trinajstić information content (AvgIpc) is 3.12. The fraction of sp³-hybridized carbons (Fsp3) is 0.471. The maximum Gasteiger partial charge on any atom is 0.319 e. The van der Waals surface area contributed by atoms with E-state index in [9.17, 15) is 4.79 Å². The largest absolute Gasteiger partial charge is 0.337 e. The number of rotatable bonds is 5. The molecule has 0 aromatic carbocycles. The van der Waals surface area contributed by atoms with E-state index in [1.165, 1.54) is 12.8 Å². The topological polar surface area (TPSA) is 75.1 Å². The number of likely N-dealkylation sites (tertiary alicyclic amines) is 1. The van der Waals surface area contributed by atoms with Gasteiger partial charge in [-0.3, -0.25) is 0 Å². The van der Waals surface area contributed by atoms with Gasteiger partial charge in [0.25, 0.3) is 0 Å². The van der Waals surface area contributed by atoms with Crippen LogP contribution in [0.4, 0.5) is 10.5 Å². The van der Waals surface area contributed by atoms with Gasteiger partial charge in [-0.05, 0) is 50.0 Å². The maximum absolute atomic E-state index is 11.9. The number of carbonyl (C=O) groups is 1. The number of nitrogens with zero attached hydrogens (tertiary/aromatic N) is 4. The molecule has 128 valence electrons. The number of piperidine rings is 1. The number of pyridine rings is 1. The third-order valence-electron chi connectivity index (χ3n) is 4.33. The lowest BCUT2D eigenvalue weighted by molar-refractivity contribution is 0.192. The Kier molecular flexibility index (Phi) is 5.43. The van der Waals surface area contributed by atoms with E-state index in [0.717, 1.165) is 25.6 Å². The van der Waals surface area contributed by atoms with E-state index >= 15 is 0 Å². The van der Waals surface area contributed by atoms with E-state index in [1.54, 1.807) is 17.1 Å². The second-order valence-corrected chi connectivity index (χ2v) is 6.26. The van der Waals surface area contributed by atoms with Gasteiger partial charge in [0.05, 0.1) is 11.9 Å². The van der Waals surface area contributed by atoms with Gasteiger partial charge in [0, 0.05) is 25.5 Å². The summed E-state index contributed by atoms with van der Waals surface area (Å²) in [4.78, 5) is 18.6. The van der Waals surface area contributed by atoms with E-state index in [1.807, 2.05) is 24.4 Å². The van der Waals surface area contributed by atoms with Gasteiger partial charge in [0.1, 0.15) is 0 Å². The Morgan fingerprint density at radius 1 is 1.33 bits per heavy atom. The highest BCUT2D eigenvalue weighted by atomic mass is 16.2. The molecule has 0 atom stereocenters. The normalized spacial score (nSPS) is 16.0. The molecule has 7 heteroatoms. The highest BCUT2D eigenvalue weighted by Gasteiger charge is 2.15. The Hall–Kier alpha value is -2.41.